The van der Waals surface area contributed by atoms with Crippen LogP contribution in [0.1, 0.15) is 41.3 Å². The van der Waals surface area contributed by atoms with Crippen LogP contribution in [-0.4, -0.2) is 49.6 Å². The molecule has 0 saturated heterocycles. The minimum atomic E-state index is -0.926. The Labute approximate surface area is 305 Å². The number of benzene rings is 4. The number of pyridine rings is 1. The minimum Gasteiger partial charge on any atom is -0.491 e. The first kappa shape index (κ1) is 32.5. The highest BCUT2D eigenvalue weighted by Gasteiger charge is 2.40. The van der Waals surface area contributed by atoms with Gasteiger partial charge in [0.1, 0.15) is 40.7 Å². The molecule has 1 fully saturated rings. The van der Waals surface area contributed by atoms with Crippen LogP contribution in [0, 0.1) is 5.82 Å². The summed E-state index contributed by atoms with van der Waals surface area (Å²) in [7, 11) is 1.60. The second-order valence-corrected chi connectivity index (χ2v) is 13.1. The van der Waals surface area contributed by atoms with Crippen LogP contribution in [0.3, 0.4) is 0 Å². The Morgan fingerprint density at radius 2 is 1.47 bits per heavy atom. The van der Waals surface area contributed by atoms with E-state index in [1.54, 1.807) is 25.4 Å². The molecular weight excluding hydrogens is 668 g/mol. The van der Waals surface area contributed by atoms with Gasteiger partial charge in [-0.3, -0.25) is 9.08 Å². The molecule has 4 heterocycles. The lowest BCUT2D eigenvalue weighted by atomic mass is 9.77. The quantitative estimate of drug-likeness (QED) is 0.0928. The molecule has 1 saturated carbocycles. The normalized spacial score (nSPS) is 13.1. The summed E-state index contributed by atoms with van der Waals surface area (Å²) in [5.74, 6) is 1.40. The van der Waals surface area contributed by atoms with E-state index in [0.717, 1.165) is 40.7 Å². The first-order valence-electron chi connectivity index (χ1n) is 17.6. The Morgan fingerprint density at radius 1 is 0.792 bits per heavy atom. The fourth-order valence-corrected chi connectivity index (χ4v) is 7.05. The highest BCUT2D eigenvalue weighted by Crippen LogP contribution is 2.44. The molecule has 0 N–H and O–H groups in total. The van der Waals surface area contributed by atoms with Gasteiger partial charge >= 0.3 is 0 Å². The molecule has 4 aromatic heterocycles. The zero-order valence-corrected chi connectivity index (χ0v) is 29.0. The van der Waals surface area contributed by atoms with Crippen molar-refractivity contribution in [2.75, 3.05) is 20.3 Å². The van der Waals surface area contributed by atoms with Gasteiger partial charge in [0, 0.05) is 48.2 Å². The predicted octanol–water partition coefficient (Wildman–Crippen LogP) is 8.80. The number of hydrogen-bond donors (Lipinski definition) is 0. The average molecular weight is 703 g/mol. The van der Waals surface area contributed by atoms with Gasteiger partial charge in [0.25, 0.3) is 0 Å². The number of imidazole rings is 1. The Bertz CT molecular complexity index is 2410. The van der Waals surface area contributed by atoms with Gasteiger partial charge in [-0.25, -0.2) is 9.37 Å². The summed E-state index contributed by atoms with van der Waals surface area (Å²) in [5.41, 5.74) is 5.79. The number of ether oxygens (including phenoxy) is 2. The summed E-state index contributed by atoms with van der Waals surface area (Å²) in [6.45, 7) is 0.696. The number of rotatable bonds is 12. The molecule has 8 aromatic rings. The molecule has 0 spiro atoms. The fraction of sp³-hybridized carbons (Fsp3) is 0.163. The van der Waals surface area contributed by atoms with Crippen LogP contribution in [0.5, 0.6) is 5.75 Å². The summed E-state index contributed by atoms with van der Waals surface area (Å²) in [6, 6.07) is 39.7. The molecule has 1 aliphatic rings. The van der Waals surface area contributed by atoms with Crippen molar-refractivity contribution >= 4 is 5.65 Å². The number of hydrogen-bond acceptors (Lipinski definition) is 7. The lowest BCUT2D eigenvalue weighted by molar-refractivity contribution is 0.146. The number of nitrogens with zero attached hydrogens (tertiary/aromatic N) is 6. The summed E-state index contributed by atoms with van der Waals surface area (Å²) in [6.07, 6.45) is 7.85. The van der Waals surface area contributed by atoms with Gasteiger partial charge in [0.15, 0.2) is 0 Å². The van der Waals surface area contributed by atoms with E-state index in [2.05, 4.69) is 46.5 Å². The zero-order valence-electron chi connectivity index (χ0n) is 29.0. The molecule has 9 rings (SSSR count). The van der Waals surface area contributed by atoms with Crippen molar-refractivity contribution < 1.29 is 18.4 Å². The van der Waals surface area contributed by atoms with Gasteiger partial charge in [-0.05, 0) is 53.8 Å². The standard InChI is InChI=1S/C43H35FN6O3/c1-51-23-24-52-34-20-21-35(37(44)25-34)40-36(30-19-22-39-45-26-38(49(39)27-30)41-46-42(53-48-41)29-17-18-29)28-50(47-40)43(31-11-5-2-6-12-31,32-13-7-3-8-14-32)33-15-9-4-10-16-33/h2-16,19-22,25-29H,17-18,23-24H2,1H3. The van der Waals surface area contributed by atoms with Crippen LogP contribution in [-0.2, 0) is 10.3 Å². The van der Waals surface area contributed by atoms with Crippen molar-refractivity contribution in [1.82, 2.24) is 29.3 Å². The first-order chi connectivity index (χ1) is 26.1. The van der Waals surface area contributed by atoms with Crippen molar-refractivity contribution in [2.45, 2.75) is 24.3 Å². The first-order valence-corrected chi connectivity index (χ1v) is 17.6. The molecule has 10 heteroatoms. The van der Waals surface area contributed by atoms with E-state index in [0.29, 0.717) is 59.2 Å². The van der Waals surface area contributed by atoms with E-state index in [4.69, 9.17) is 24.1 Å². The second kappa shape index (κ2) is 13.6. The maximum Gasteiger partial charge on any atom is 0.230 e. The van der Waals surface area contributed by atoms with E-state index in [9.17, 15) is 0 Å². The number of methoxy groups -OCH3 is 1. The van der Waals surface area contributed by atoms with Crippen LogP contribution in [0.15, 0.2) is 144 Å². The molecule has 0 aliphatic heterocycles. The van der Waals surface area contributed by atoms with E-state index in [-0.39, 0.29) is 0 Å². The number of aromatic nitrogens is 6. The molecule has 262 valence electrons. The molecule has 9 nitrogen and oxygen atoms in total. The summed E-state index contributed by atoms with van der Waals surface area (Å²) >= 11 is 0. The van der Waals surface area contributed by atoms with E-state index in [1.165, 1.54) is 6.07 Å². The number of halogens is 1. The average Bonchev–Trinajstić information content (AvgIpc) is 3.55. The minimum absolute atomic E-state index is 0.304. The van der Waals surface area contributed by atoms with Crippen LogP contribution >= 0.6 is 0 Å². The van der Waals surface area contributed by atoms with Crippen molar-refractivity contribution in [3.05, 3.63) is 168 Å². The third kappa shape index (κ3) is 5.87. The van der Waals surface area contributed by atoms with Crippen LogP contribution in [0.4, 0.5) is 4.39 Å². The smallest absolute Gasteiger partial charge is 0.230 e. The van der Waals surface area contributed by atoms with Crippen molar-refractivity contribution in [3.63, 3.8) is 0 Å². The Morgan fingerprint density at radius 3 is 2.09 bits per heavy atom. The molecule has 4 aromatic carbocycles. The maximum absolute atomic E-state index is 16.4. The van der Waals surface area contributed by atoms with Gasteiger partial charge in [-0.15, -0.1) is 0 Å². The predicted molar refractivity (Wildman–Crippen MR) is 199 cm³/mol. The molecular formula is C43H35FN6O3. The molecule has 0 atom stereocenters. The Kier molecular flexibility index (Phi) is 8.36. The molecule has 1 aliphatic carbocycles. The fourth-order valence-electron chi connectivity index (χ4n) is 7.05. The molecule has 53 heavy (non-hydrogen) atoms. The van der Waals surface area contributed by atoms with E-state index < -0.39 is 11.4 Å². The van der Waals surface area contributed by atoms with Crippen molar-refractivity contribution in [3.8, 4) is 39.7 Å². The van der Waals surface area contributed by atoms with E-state index in [1.807, 2.05) is 88.2 Å². The molecule has 0 amide bonds. The monoisotopic (exact) mass is 702 g/mol. The topological polar surface area (TPSA) is 92.5 Å². The van der Waals surface area contributed by atoms with Gasteiger partial charge in [-0.2, -0.15) is 10.1 Å². The molecule has 0 unspecified atom stereocenters. The maximum atomic E-state index is 16.4. The van der Waals surface area contributed by atoms with Gasteiger partial charge in [0.05, 0.1) is 12.8 Å². The molecule has 0 bridgehead atoms. The SMILES string of the molecule is COCCOc1ccc(-c2nn(C(c3ccccc3)(c3ccccc3)c3ccccc3)cc2-c2ccc3ncc(-c4noc(C5CC5)n4)n3c2)c(F)c1. The highest BCUT2D eigenvalue weighted by atomic mass is 19.1. The van der Waals surface area contributed by atoms with Gasteiger partial charge < -0.3 is 14.0 Å². The summed E-state index contributed by atoms with van der Waals surface area (Å²) < 4.78 is 36.8. The Hall–Kier alpha value is -6.39. The van der Waals surface area contributed by atoms with Gasteiger partial charge in [0.2, 0.25) is 11.7 Å². The second-order valence-electron chi connectivity index (χ2n) is 13.1. The van der Waals surface area contributed by atoms with Crippen LogP contribution < -0.4 is 4.74 Å². The van der Waals surface area contributed by atoms with Crippen molar-refractivity contribution in [2.24, 2.45) is 0 Å². The third-order valence-electron chi connectivity index (χ3n) is 9.80. The van der Waals surface area contributed by atoms with Crippen LogP contribution in [0.25, 0.3) is 39.5 Å². The highest BCUT2D eigenvalue weighted by molar-refractivity contribution is 5.82. The Balaban J connectivity index is 1.28. The van der Waals surface area contributed by atoms with E-state index >= 15 is 4.39 Å². The van der Waals surface area contributed by atoms with Gasteiger partial charge in [-0.1, -0.05) is 96.2 Å². The zero-order chi connectivity index (χ0) is 35.8. The summed E-state index contributed by atoms with van der Waals surface area (Å²) in [4.78, 5) is 9.33. The van der Waals surface area contributed by atoms with Crippen molar-refractivity contribution in [1.29, 1.82) is 0 Å². The third-order valence-corrected chi connectivity index (χ3v) is 9.80. The van der Waals surface area contributed by atoms with Crippen LogP contribution in [0.2, 0.25) is 0 Å². The lowest BCUT2D eigenvalue weighted by Crippen LogP contribution is -2.38. The lowest BCUT2D eigenvalue weighted by Gasteiger charge is -2.36. The molecule has 0 radical (unpaired) electrons. The summed E-state index contributed by atoms with van der Waals surface area (Å²) in [5, 5.41) is 9.64. The number of fused-ring (bicyclic) bond motifs is 1. The largest absolute Gasteiger partial charge is 0.491 e.